The van der Waals surface area contributed by atoms with Gasteiger partial charge in [-0.2, -0.15) is 0 Å². The summed E-state index contributed by atoms with van der Waals surface area (Å²) in [6, 6.07) is 9.75. The predicted molar refractivity (Wildman–Crippen MR) is 164 cm³/mol. The maximum Gasteiger partial charge on any atom is 0.251 e. The number of carbonyl (C=O) groups excluding carboxylic acids is 1. The van der Waals surface area contributed by atoms with Crippen molar-refractivity contribution in [2.45, 2.75) is 57.8 Å². The Morgan fingerprint density at radius 1 is 1.19 bits per heavy atom. The Bertz CT molecular complexity index is 1650. The van der Waals surface area contributed by atoms with Crippen molar-refractivity contribution in [3.05, 3.63) is 63.3 Å². The third kappa shape index (κ3) is 5.64. The number of rotatable bonds is 9. The van der Waals surface area contributed by atoms with Gasteiger partial charge in [0.1, 0.15) is 16.9 Å². The maximum absolute atomic E-state index is 13.0. The molecular weight excluding hydrogens is 554 g/mol. The zero-order chi connectivity index (χ0) is 29.3. The second kappa shape index (κ2) is 12.1. The molecule has 4 aromatic rings. The predicted octanol–water partition coefficient (Wildman–Crippen LogP) is 5.48. The molecule has 2 aliphatic rings. The molecule has 0 aliphatic carbocycles. The van der Waals surface area contributed by atoms with Crippen molar-refractivity contribution >= 4 is 45.4 Å². The Kier molecular flexibility index (Phi) is 8.23. The molecule has 10 heteroatoms. The number of H-pyrrole nitrogens is 1. The van der Waals surface area contributed by atoms with Crippen LogP contribution in [0.4, 0.5) is 5.82 Å². The lowest BCUT2D eigenvalue weighted by molar-refractivity contribution is -0.134. The molecule has 0 bridgehead atoms. The number of aromatic amines is 1. The van der Waals surface area contributed by atoms with E-state index in [1.165, 1.54) is 6.20 Å². The van der Waals surface area contributed by atoms with Crippen LogP contribution in [0, 0.1) is 5.92 Å². The summed E-state index contributed by atoms with van der Waals surface area (Å²) in [6.45, 7) is 8.37. The summed E-state index contributed by atoms with van der Waals surface area (Å²) in [5.41, 5.74) is 2.69. The molecule has 9 nitrogen and oxygen atoms in total. The van der Waals surface area contributed by atoms with Gasteiger partial charge in [-0.25, -0.2) is 9.97 Å². The number of para-hydroxylation sites is 1. The first-order chi connectivity index (χ1) is 20.3. The molecule has 0 saturated carbocycles. The van der Waals surface area contributed by atoms with Gasteiger partial charge in [0.15, 0.2) is 11.4 Å². The van der Waals surface area contributed by atoms with Gasteiger partial charge in [0.05, 0.1) is 11.6 Å². The largest absolute Gasteiger partial charge is 0.450 e. The lowest BCUT2D eigenvalue weighted by atomic mass is 9.68. The van der Waals surface area contributed by atoms with E-state index in [0.717, 1.165) is 66.1 Å². The van der Waals surface area contributed by atoms with Crippen molar-refractivity contribution < 1.29 is 13.9 Å². The third-order valence-corrected chi connectivity index (χ3v) is 9.34. The normalized spacial score (nSPS) is 21.1. The van der Waals surface area contributed by atoms with Crippen LogP contribution in [0.2, 0.25) is 5.02 Å². The van der Waals surface area contributed by atoms with E-state index in [9.17, 15) is 9.59 Å². The Hall–Kier alpha value is -3.43. The van der Waals surface area contributed by atoms with Gasteiger partial charge in [-0.05, 0) is 49.8 Å². The number of ether oxygens (including phenoxy) is 1. The first-order valence-electron chi connectivity index (χ1n) is 15.0. The molecule has 2 unspecified atom stereocenters. The molecule has 222 valence electrons. The van der Waals surface area contributed by atoms with E-state index in [2.05, 4.69) is 23.7 Å². The van der Waals surface area contributed by atoms with Gasteiger partial charge in [0.2, 0.25) is 5.91 Å². The maximum atomic E-state index is 13.0. The molecule has 3 aromatic heterocycles. The van der Waals surface area contributed by atoms with Crippen molar-refractivity contribution in [1.82, 2.24) is 19.9 Å². The Labute approximate surface area is 250 Å². The van der Waals surface area contributed by atoms with Crippen LogP contribution in [-0.2, 0) is 21.4 Å². The van der Waals surface area contributed by atoms with Gasteiger partial charge < -0.3 is 23.9 Å². The minimum atomic E-state index is -0.332. The number of fused-ring (bicyclic) bond motifs is 3. The van der Waals surface area contributed by atoms with Crippen LogP contribution in [0.1, 0.15) is 57.3 Å². The van der Waals surface area contributed by atoms with Crippen molar-refractivity contribution in [2.75, 3.05) is 44.3 Å². The molecule has 0 radical (unpaired) electrons. The first-order valence-corrected chi connectivity index (χ1v) is 15.4. The van der Waals surface area contributed by atoms with Crippen molar-refractivity contribution in [1.29, 1.82) is 0 Å². The molecule has 2 aliphatic heterocycles. The zero-order valence-electron chi connectivity index (χ0n) is 24.3. The average Bonchev–Trinajstić information content (AvgIpc) is 3.66. The SMILES string of the molecule is CC1CN(C(=O)CCCOCCc2nc(N3CCCC3)c3oc4ccccc4c3n2)CCC1(C)c1cc(Cl)c[nH]c1=O. The van der Waals surface area contributed by atoms with Crippen LogP contribution in [0.5, 0.6) is 0 Å². The number of hydrogen-bond donors (Lipinski definition) is 1. The fourth-order valence-electron chi connectivity index (χ4n) is 6.37. The number of piperidine rings is 1. The summed E-state index contributed by atoms with van der Waals surface area (Å²) in [4.78, 5) is 42.2. The lowest BCUT2D eigenvalue weighted by Crippen LogP contribution is -2.51. The number of amides is 1. The lowest BCUT2D eigenvalue weighted by Gasteiger charge is -2.44. The fraction of sp³-hybridized carbons (Fsp3) is 0.500. The number of benzene rings is 1. The van der Waals surface area contributed by atoms with Crippen molar-refractivity contribution in [3.63, 3.8) is 0 Å². The van der Waals surface area contributed by atoms with E-state index in [4.69, 9.17) is 30.7 Å². The third-order valence-electron chi connectivity index (χ3n) is 9.12. The topological polar surface area (TPSA) is 105 Å². The number of likely N-dealkylation sites (tertiary alicyclic amines) is 1. The minimum absolute atomic E-state index is 0.110. The smallest absolute Gasteiger partial charge is 0.251 e. The van der Waals surface area contributed by atoms with Gasteiger partial charge in [-0.1, -0.05) is 37.6 Å². The van der Waals surface area contributed by atoms with E-state index in [1.807, 2.05) is 29.2 Å². The molecular formula is C32H38ClN5O4. The zero-order valence-corrected chi connectivity index (χ0v) is 25.1. The average molecular weight is 592 g/mol. The van der Waals surface area contributed by atoms with E-state index in [-0.39, 0.29) is 22.8 Å². The van der Waals surface area contributed by atoms with E-state index < -0.39 is 0 Å². The molecule has 0 spiro atoms. The van der Waals surface area contributed by atoms with Crippen LogP contribution in [-0.4, -0.2) is 65.2 Å². The summed E-state index contributed by atoms with van der Waals surface area (Å²) >= 11 is 6.17. The van der Waals surface area contributed by atoms with Gasteiger partial charge in [0, 0.05) is 68.2 Å². The number of nitrogens with zero attached hydrogens (tertiary/aromatic N) is 4. The van der Waals surface area contributed by atoms with Gasteiger partial charge in [-0.3, -0.25) is 9.59 Å². The highest BCUT2D eigenvalue weighted by Crippen LogP contribution is 2.39. The van der Waals surface area contributed by atoms with Gasteiger partial charge in [-0.15, -0.1) is 0 Å². The molecule has 2 atom stereocenters. The highest BCUT2D eigenvalue weighted by molar-refractivity contribution is 6.30. The van der Waals surface area contributed by atoms with Crippen molar-refractivity contribution in [2.24, 2.45) is 5.92 Å². The second-order valence-corrected chi connectivity index (χ2v) is 12.3. The molecule has 42 heavy (non-hydrogen) atoms. The van der Waals surface area contributed by atoms with Crippen LogP contribution < -0.4 is 10.5 Å². The highest BCUT2D eigenvalue weighted by atomic mass is 35.5. The molecule has 2 saturated heterocycles. The summed E-state index contributed by atoms with van der Waals surface area (Å²) in [6.07, 6.45) is 6.22. The summed E-state index contributed by atoms with van der Waals surface area (Å²) in [7, 11) is 0. The standard InChI is InChI=1S/C32H38ClN5O4/c1-21-20-38(15-12-32(21,2)24-18-22(33)19-34-31(24)40)27(39)10-7-16-41-17-11-26-35-28-23-8-3-4-9-25(23)42-29(28)30(36-26)37-13-5-6-14-37/h3-4,8-9,18-19,21H,5-7,10-17,20H2,1-2H3,(H,34,40). The van der Waals surface area contributed by atoms with Gasteiger partial charge in [0.25, 0.3) is 5.56 Å². The number of pyridine rings is 1. The molecule has 1 aromatic carbocycles. The first kappa shape index (κ1) is 28.7. The molecule has 6 rings (SSSR count). The number of carbonyl (C=O) groups is 1. The van der Waals surface area contributed by atoms with E-state index >= 15 is 0 Å². The number of aromatic nitrogens is 3. The number of nitrogens with one attached hydrogen (secondary N) is 1. The Morgan fingerprint density at radius 2 is 2.00 bits per heavy atom. The van der Waals surface area contributed by atoms with Gasteiger partial charge >= 0.3 is 0 Å². The van der Waals surface area contributed by atoms with E-state index in [1.54, 1.807) is 6.07 Å². The summed E-state index contributed by atoms with van der Waals surface area (Å²) < 4.78 is 12.1. The van der Waals surface area contributed by atoms with Crippen LogP contribution >= 0.6 is 11.6 Å². The molecule has 2 fully saturated rings. The molecule has 5 heterocycles. The molecule has 1 N–H and O–H groups in total. The van der Waals surface area contributed by atoms with E-state index in [0.29, 0.717) is 56.2 Å². The summed E-state index contributed by atoms with van der Waals surface area (Å²) in [5.74, 6) is 1.88. The Balaban J connectivity index is 1.01. The summed E-state index contributed by atoms with van der Waals surface area (Å²) in [5, 5.41) is 1.52. The van der Waals surface area contributed by atoms with Crippen LogP contribution in [0.15, 0.2) is 45.7 Å². The fourth-order valence-corrected chi connectivity index (χ4v) is 6.53. The van der Waals surface area contributed by atoms with Crippen molar-refractivity contribution in [3.8, 4) is 0 Å². The quantitative estimate of drug-likeness (QED) is 0.257. The molecule has 1 amide bonds. The minimum Gasteiger partial charge on any atom is -0.450 e. The number of anilines is 1. The van der Waals surface area contributed by atoms with Crippen LogP contribution in [0.25, 0.3) is 22.1 Å². The van der Waals surface area contributed by atoms with Crippen LogP contribution in [0.3, 0.4) is 0 Å². The monoisotopic (exact) mass is 591 g/mol. The number of hydrogen-bond acceptors (Lipinski definition) is 7. The highest BCUT2D eigenvalue weighted by Gasteiger charge is 2.40. The number of halogens is 1. The number of furan rings is 1. The second-order valence-electron chi connectivity index (χ2n) is 11.9. The Morgan fingerprint density at radius 3 is 2.81 bits per heavy atom.